The fourth-order valence-electron chi connectivity index (χ4n) is 1.09. The number of nitrogens with zero attached hydrogens (tertiary/aromatic N) is 2. The standard InChI is InChI=1S/C10H13BrN2/c1-8(2)7-13(3)10-6-9(11)4-5-12-10/h4-6H,1,7H2,2-3H3. The highest BCUT2D eigenvalue weighted by atomic mass is 79.9. The second kappa shape index (κ2) is 4.42. The Kier molecular flexibility index (Phi) is 3.48. The molecule has 0 aliphatic carbocycles. The fraction of sp³-hybridized carbons (Fsp3) is 0.300. The lowest BCUT2D eigenvalue weighted by Crippen LogP contribution is -2.19. The third kappa shape index (κ3) is 3.19. The van der Waals surface area contributed by atoms with E-state index in [1.807, 2.05) is 26.1 Å². The summed E-state index contributed by atoms with van der Waals surface area (Å²) in [6, 6.07) is 3.90. The average Bonchev–Trinajstić information content (AvgIpc) is 2.03. The first-order valence-electron chi connectivity index (χ1n) is 4.06. The molecule has 2 nitrogen and oxygen atoms in total. The number of rotatable bonds is 3. The van der Waals surface area contributed by atoms with E-state index in [0.717, 1.165) is 22.4 Å². The molecule has 0 saturated heterocycles. The van der Waals surface area contributed by atoms with Crippen LogP contribution in [0.2, 0.25) is 0 Å². The molecule has 0 unspecified atom stereocenters. The molecule has 0 saturated carbocycles. The second-order valence-electron chi connectivity index (χ2n) is 3.15. The van der Waals surface area contributed by atoms with Crippen molar-refractivity contribution in [2.45, 2.75) is 6.92 Å². The molecule has 0 radical (unpaired) electrons. The van der Waals surface area contributed by atoms with Gasteiger partial charge in [0.2, 0.25) is 0 Å². The van der Waals surface area contributed by atoms with Gasteiger partial charge in [-0.25, -0.2) is 4.98 Å². The second-order valence-corrected chi connectivity index (χ2v) is 4.06. The maximum Gasteiger partial charge on any atom is 0.129 e. The van der Waals surface area contributed by atoms with Gasteiger partial charge >= 0.3 is 0 Å². The molecule has 3 heteroatoms. The molecular formula is C10H13BrN2. The summed E-state index contributed by atoms with van der Waals surface area (Å²) in [6.07, 6.45) is 1.79. The fourth-order valence-corrected chi connectivity index (χ4v) is 1.41. The molecular weight excluding hydrogens is 228 g/mol. The number of likely N-dealkylation sites (N-methyl/N-ethyl adjacent to an activating group) is 1. The van der Waals surface area contributed by atoms with E-state index >= 15 is 0 Å². The van der Waals surface area contributed by atoms with Crippen molar-refractivity contribution < 1.29 is 0 Å². The topological polar surface area (TPSA) is 16.1 Å². The lowest BCUT2D eigenvalue weighted by atomic mass is 10.3. The number of hydrogen-bond acceptors (Lipinski definition) is 2. The number of hydrogen-bond donors (Lipinski definition) is 0. The van der Waals surface area contributed by atoms with Crippen LogP contribution in [0.1, 0.15) is 6.92 Å². The minimum absolute atomic E-state index is 0.837. The Morgan fingerprint density at radius 3 is 2.92 bits per heavy atom. The summed E-state index contributed by atoms with van der Waals surface area (Å²) >= 11 is 3.41. The van der Waals surface area contributed by atoms with Crippen LogP contribution in [0.15, 0.2) is 35.0 Å². The van der Waals surface area contributed by atoms with Gasteiger partial charge in [-0.15, -0.1) is 0 Å². The van der Waals surface area contributed by atoms with Gasteiger partial charge in [-0.05, 0) is 19.1 Å². The Balaban J connectivity index is 2.76. The Bertz CT molecular complexity index is 310. The van der Waals surface area contributed by atoms with Crippen LogP contribution in [0.4, 0.5) is 5.82 Å². The van der Waals surface area contributed by atoms with Crippen LogP contribution in [-0.2, 0) is 0 Å². The molecule has 0 spiro atoms. The van der Waals surface area contributed by atoms with Gasteiger partial charge in [-0.2, -0.15) is 0 Å². The van der Waals surface area contributed by atoms with Crippen LogP contribution in [0, 0.1) is 0 Å². The highest BCUT2D eigenvalue weighted by molar-refractivity contribution is 9.10. The first-order chi connectivity index (χ1) is 6.09. The normalized spacial score (nSPS) is 9.77. The first kappa shape index (κ1) is 10.3. The monoisotopic (exact) mass is 240 g/mol. The van der Waals surface area contributed by atoms with Crippen molar-refractivity contribution in [2.75, 3.05) is 18.5 Å². The van der Waals surface area contributed by atoms with Gasteiger partial charge < -0.3 is 4.90 Å². The number of anilines is 1. The summed E-state index contributed by atoms with van der Waals surface area (Å²) in [7, 11) is 2.00. The SMILES string of the molecule is C=C(C)CN(C)c1cc(Br)ccn1. The minimum Gasteiger partial charge on any atom is -0.356 e. The Morgan fingerprint density at radius 2 is 2.38 bits per heavy atom. The quantitative estimate of drug-likeness (QED) is 0.756. The molecule has 0 aliphatic heterocycles. The van der Waals surface area contributed by atoms with Gasteiger partial charge in [-0.3, -0.25) is 0 Å². The van der Waals surface area contributed by atoms with E-state index in [9.17, 15) is 0 Å². The summed E-state index contributed by atoms with van der Waals surface area (Å²) in [4.78, 5) is 6.31. The van der Waals surface area contributed by atoms with E-state index < -0.39 is 0 Å². The van der Waals surface area contributed by atoms with E-state index in [1.54, 1.807) is 6.20 Å². The van der Waals surface area contributed by atoms with Crippen molar-refractivity contribution in [1.29, 1.82) is 0 Å². The third-order valence-corrected chi connectivity index (χ3v) is 2.10. The molecule has 0 N–H and O–H groups in total. The zero-order valence-electron chi connectivity index (χ0n) is 7.92. The molecule has 1 rings (SSSR count). The van der Waals surface area contributed by atoms with E-state index in [2.05, 4.69) is 32.4 Å². The molecule has 0 atom stereocenters. The molecule has 0 fully saturated rings. The van der Waals surface area contributed by atoms with Crippen LogP contribution in [0.25, 0.3) is 0 Å². The largest absolute Gasteiger partial charge is 0.356 e. The molecule has 0 bridgehead atoms. The maximum absolute atomic E-state index is 4.25. The van der Waals surface area contributed by atoms with Gasteiger partial charge in [0.1, 0.15) is 5.82 Å². The molecule has 1 aromatic heterocycles. The van der Waals surface area contributed by atoms with Crippen LogP contribution in [-0.4, -0.2) is 18.6 Å². The summed E-state index contributed by atoms with van der Waals surface area (Å²) in [5.74, 6) is 0.956. The van der Waals surface area contributed by atoms with E-state index in [0.29, 0.717) is 0 Å². The molecule has 0 aromatic carbocycles. The van der Waals surface area contributed by atoms with Crippen molar-refractivity contribution in [1.82, 2.24) is 4.98 Å². The van der Waals surface area contributed by atoms with Crippen molar-refractivity contribution >= 4 is 21.7 Å². The van der Waals surface area contributed by atoms with Crippen molar-refractivity contribution in [3.8, 4) is 0 Å². The lowest BCUT2D eigenvalue weighted by Gasteiger charge is -2.17. The molecule has 13 heavy (non-hydrogen) atoms. The van der Waals surface area contributed by atoms with Crippen LogP contribution < -0.4 is 4.90 Å². The Labute approximate surface area is 87.4 Å². The van der Waals surface area contributed by atoms with Crippen LogP contribution in [0.5, 0.6) is 0 Å². The Morgan fingerprint density at radius 1 is 1.69 bits per heavy atom. The van der Waals surface area contributed by atoms with Gasteiger partial charge in [0, 0.05) is 24.3 Å². The van der Waals surface area contributed by atoms with Gasteiger partial charge in [0.05, 0.1) is 0 Å². The zero-order chi connectivity index (χ0) is 9.84. The molecule has 1 aromatic rings. The maximum atomic E-state index is 4.25. The Hall–Kier alpha value is -0.830. The summed E-state index contributed by atoms with van der Waals surface area (Å²) < 4.78 is 1.05. The predicted molar refractivity (Wildman–Crippen MR) is 60.0 cm³/mol. The van der Waals surface area contributed by atoms with Crippen LogP contribution >= 0.6 is 15.9 Å². The zero-order valence-corrected chi connectivity index (χ0v) is 9.50. The van der Waals surface area contributed by atoms with Crippen molar-refractivity contribution in [2.24, 2.45) is 0 Å². The molecule has 0 amide bonds. The third-order valence-electron chi connectivity index (χ3n) is 1.61. The van der Waals surface area contributed by atoms with Crippen molar-refractivity contribution in [3.05, 3.63) is 35.0 Å². The smallest absolute Gasteiger partial charge is 0.129 e. The molecule has 0 aliphatic rings. The highest BCUT2D eigenvalue weighted by Crippen LogP contribution is 2.16. The van der Waals surface area contributed by atoms with E-state index in [-0.39, 0.29) is 0 Å². The number of pyridine rings is 1. The van der Waals surface area contributed by atoms with Gasteiger partial charge in [0.25, 0.3) is 0 Å². The predicted octanol–water partition coefficient (Wildman–Crippen LogP) is 2.86. The lowest BCUT2D eigenvalue weighted by molar-refractivity contribution is 0.953. The van der Waals surface area contributed by atoms with Gasteiger partial charge in [0.15, 0.2) is 0 Å². The van der Waals surface area contributed by atoms with Crippen LogP contribution in [0.3, 0.4) is 0 Å². The first-order valence-corrected chi connectivity index (χ1v) is 4.86. The number of aromatic nitrogens is 1. The van der Waals surface area contributed by atoms with Crippen molar-refractivity contribution in [3.63, 3.8) is 0 Å². The molecule has 1 heterocycles. The van der Waals surface area contributed by atoms with E-state index in [1.165, 1.54) is 0 Å². The minimum atomic E-state index is 0.837. The molecule has 70 valence electrons. The summed E-state index contributed by atoms with van der Waals surface area (Å²) in [5.41, 5.74) is 1.13. The number of halogens is 1. The summed E-state index contributed by atoms with van der Waals surface area (Å²) in [5, 5.41) is 0. The summed E-state index contributed by atoms with van der Waals surface area (Å²) in [6.45, 7) is 6.71. The highest BCUT2D eigenvalue weighted by Gasteiger charge is 2.01. The van der Waals surface area contributed by atoms with Gasteiger partial charge in [-0.1, -0.05) is 28.1 Å². The average molecular weight is 241 g/mol. The van der Waals surface area contributed by atoms with E-state index in [4.69, 9.17) is 0 Å².